The molecule has 1 atom stereocenters. The van der Waals surface area contributed by atoms with E-state index in [1.54, 1.807) is 0 Å². The fourth-order valence-electron chi connectivity index (χ4n) is 2.95. The molecular weight excluding hydrogens is 276 g/mol. The van der Waals surface area contributed by atoms with E-state index >= 15 is 0 Å². The van der Waals surface area contributed by atoms with Gasteiger partial charge < -0.3 is 9.84 Å². The molecule has 1 unspecified atom stereocenters. The number of nitrogens with zero attached hydrogens (tertiary/aromatic N) is 3. The Morgan fingerprint density at radius 2 is 2.14 bits per heavy atom. The number of hydrogen-bond acceptors (Lipinski definition) is 5. The van der Waals surface area contributed by atoms with Crippen LogP contribution in [0.3, 0.4) is 0 Å². The Balaban J connectivity index is 1.65. The van der Waals surface area contributed by atoms with Crippen molar-refractivity contribution in [2.75, 3.05) is 20.1 Å². The Hall–Kier alpha value is -1.72. The van der Waals surface area contributed by atoms with Crippen LogP contribution in [-0.4, -0.2) is 41.2 Å². The Morgan fingerprint density at radius 1 is 1.32 bits per heavy atom. The van der Waals surface area contributed by atoms with Gasteiger partial charge in [-0.15, -0.1) is 0 Å². The predicted octanol–water partition coefficient (Wildman–Crippen LogP) is 2.48. The number of likely N-dealkylation sites (tertiary alicyclic amines) is 1. The highest BCUT2D eigenvalue weighted by molar-refractivity contribution is 5.54. The van der Waals surface area contributed by atoms with Crippen LogP contribution in [-0.2, 0) is 13.0 Å². The van der Waals surface area contributed by atoms with Gasteiger partial charge in [-0.1, -0.05) is 36.3 Å². The second-order valence-electron chi connectivity index (χ2n) is 5.93. The third-order valence-electron chi connectivity index (χ3n) is 4.36. The molecule has 22 heavy (non-hydrogen) atoms. The van der Waals surface area contributed by atoms with Gasteiger partial charge in [-0.3, -0.25) is 4.90 Å². The van der Waals surface area contributed by atoms with E-state index in [-0.39, 0.29) is 0 Å². The van der Waals surface area contributed by atoms with Crippen molar-refractivity contribution >= 4 is 0 Å². The fourth-order valence-corrected chi connectivity index (χ4v) is 2.95. The molecule has 3 rings (SSSR count). The molecule has 1 aliphatic heterocycles. The van der Waals surface area contributed by atoms with Crippen molar-refractivity contribution in [1.82, 2.24) is 20.4 Å². The molecule has 1 fully saturated rings. The summed E-state index contributed by atoms with van der Waals surface area (Å²) in [6, 6.07) is 8.93. The SMILES string of the molecule is CCc1ccc(-c2noc(CN3CCCC(NC)C3)n2)cc1. The minimum atomic E-state index is 0.567. The van der Waals surface area contributed by atoms with Gasteiger partial charge in [-0.05, 0) is 38.4 Å². The van der Waals surface area contributed by atoms with Gasteiger partial charge in [0.15, 0.2) is 0 Å². The number of likely N-dealkylation sites (N-methyl/N-ethyl adjacent to an activating group) is 1. The van der Waals surface area contributed by atoms with Gasteiger partial charge >= 0.3 is 0 Å². The maximum absolute atomic E-state index is 5.42. The maximum atomic E-state index is 5.42. The molecule has 0 saturated carbocycles. The summed E-state index contributed by atoms with van der Waals surface area (Å²) in [7, 11) is 2.03. The Labute approximate surface area is 131 Å². The summed E-state index contributed by atoms with van der Waals surface area (Å²) in [5.41, 5.74) is 2.33. The second-order valence-corrected chi connectivity index (χ2v) is 5.93. The number of hydrogen-bond donors (Lipinski definition) is 1. The van der Waals surface area contributed by atoms with Crippen LogP contribution in [0, 0.1) is 0 Å². The summed E-state index contributed by atoms with van der Waals surface area (Å²) in [6.07, 6.45) is 3.50. The zero-order chi connectivity index (χ0) is 15.4. The van der Waals surface area contributed by atoms with Crippen molar-refractivity contribution in [2.24, 2.45) is 0 Å². The van der Waals surface area contributed by atoms with E-state index in [4.69, 9.17) is 4.52 Å². The van der Waals surface area contributed by atoms with Gasteiger partial charge in [0.1, 0.15) is 0 Å². The summed E-state index contributed by atoms with van der Waals surface area (Å²) in [6.45, 7) is 5.03. The molecule has 1 aromatic heterocycles. The van der Waals surface area contributed by atoms with Crippen LogP contribution in [0.25, 0.3) is 11.4 Å². The fraction of sp³-hybridized carbons (Fsp3) is 0.529. The Kier molecular flexibility index (Phi) is 4.85. The van der Waals surface area contributed by atoms with E-state index in [9.17, 15) is 0 Å². The van der Waals surface area contributed by atoms with E-state index < -0.39 is 0 Å². The van der Waals surface area contributed by atoms with E-state index in [1.165, 1.54) is 18.4 Å². The van der Waals surface area contributed by atoms with Gasteiger partial charge in [0.05, 0.1) is 6.54 Å². The minimum absolute atomic E-state index is 0.567. The summed E-state index contributed by atoms with van der Waals surface area (Å²) < 4.78 is 5.42. The van der Waals surface area contributed by atoms with Crippen LogP contribution in [0.5, 0.6) is 0 Å². The molecule has 0 amide bonds. The standard InChI is InChI=1S/C17H24N4O/c1-3-13-6-8-14(9-7-13)17-19-16(22-20-17)12-21-10-4-5-15(11-21)18-2/h6-9,15,18H,3-5,10-12H2,1-2H3. The molecule has 1 aliphatic rings. The highest BCUT2D eigenvalue weighted by atomic mass is 16.5. The van der Waals surface area contributed by atoms with E-state index in [2.05, 4.69) is 51.5 Å². The lowest BCUT2D eigenvalue weighted by molar-refractivity contribution is 0.167. The third-order valence-corrected chi connectivity index (χ3v) is 4.36. The lowest BCUT2D eigenvalue weighted by atomic mass is 10.1. The van der Waals surface area contributed by atoms with Crippen LogP contribution >= 0.6 is 0 Å². The number of rotatable bonds is 5. The molecule has 2 aromatic rings. The molecule has 5 heteroatoms. The smallest absolute Gasteiger partial charge is 0.241 e. The minimum Gasteiger partial charge on any atom is -0.338 e. The monoisotopic (exact) mass is 300 g/mol. The zero-order valence-corrected chi connectivity index (χ0v) is 13.4. The second kappa shape index (κ2) is 7.03. The number of aryl methyl sites for hydroxylation is 1. The van der Waals surface area contributed by atoms with Crippen molar-refractivity contribution in [3.63, 3.8) is 0 Å². The summed E-state index contributed by atoms with van der Waals surface area (Å²) in [5.74, 6) is 1.38. The number of benzene rings is 1. The average molecular weight is 300 g/mol. The number of nitrogens with one attached hydrogen (secondary N) is 1. The molecule has 0 aliphatic carbocycles. The van der Waals surface area contributed by atoms with Crippen LogP contribution in [0.15, 0.2) is 28.8 Å². The molecule has 1 saturated heterocycles. The van der Waals surface area contributed by atoms with Gasteiger partial charge in [0, 0.05) is 18.2 Å². The topological polar surface area (TPSA) is 54.2 Å². The first kappa shape index (κ1) is 15.2. The van der Waals surface area contributed by atoms with Crippen molar-refractivity contribution in [3.8, 4) is 11.4 Å². The highest BCUT2D eigenvalue weighted by Crippen LogP contribution is 2.18. The van der Waals surface area contributed by atoms with Crippen molar-refractivity contribution in [3.05, 3.63) is 35.7 Å². The lowest BCUT2D eigenvalue weighted by Gasteiger charge is -2.31. The molecule has 118 valence electrons. The molecule has 1 aromatic carbocycles. The quantitative estimate of drug-likeness (QED) is 0.919. The van der Waals surface area contributed by atoms with E-state index in [0.29, 0.717) is 17.8 Å². The molecule has 0 radical (unpaired) electrons. The molecular formula is C17H24N4O. The molecule has 2 heterocycles. The molecule has 0 spiro atoms. The summed E-state index contributed by atoms with van der Waals surface area (Å²) >= 11 is 0. The normalized spacial score (nSPS) is 19.5. The molecule has 0 bridgehead atoms. The van der Waals surface area contributed by atoms with Crippen molar-refractivity contribution < 1.29 is 4.52 Å². The number of aromatic nitrogens is 2. The van der Waals surface area contributed by atoms with Crippen LogP contribution in [0.4, 0.5) is 0 Å². The van der Waals surface area contributed by atoms with Crippen molar-refractivity contribution in [2.45, 2.75) is 38.8 Å². The molecule has 5 nitrogen and oxygen atoms in total. The maximum Gasteiger partial charge on any atom is 0.241 e. The average Bonchev–Trinajstić information content (AvgIpc) is 3.03. The van der Waals surface area contributed by atoms with Crippen LogP contribution in [0.1, 0.15) is 31.2 Å². The Bertz CT molecular complexity index is 593. The predicted molar refractivity (Wildman–Crippen MR) is 86.5 cm³/mol. The van der Waals surface area contributed by atoms with Gasteiger partial charge in [0.2, 0.25) is 11.7 Å². The van der Waals surface area contributed by atoms with Gasteiger partial charge in [-0.25, -0.2) is 0 Å². The first-order chi connectivity index (χ1) is 10.8. The van der Waals surface area contributed by atoms with Gasteiger partial charge in [-0.2, -0.15) is 4.98 Å². The summed E-state index contributed by atoms with van der Waals surface area (Å²) in [5, 5.41) is 7.47. The van der Waals surface area contributed by atoms with E-state index in [1.807, 2.05) is 7.05 Å². The van der Waals surface area contributed by atoms with E-state index in [0.717, 1.165) is 31.6 Å². The summed E-state index contributed by atoms with van der Waals surface area (Å²) in [4.78, 5) is 6.92. The zero-order valence-electron chi connectivity index (χ0n) is 13.4. The highest BCUT2D eigenvalue weighted by Gasteiger charge is 2.20. The Morgan fingerprint density at radius 3 is 2.86 bits per heavy atom. The van der Waals surface area contributed by atoms with Crippen LogP contribution < -0.4 is 5.32 Å². The first-order valence-electron chi connectivity index (χ1n) is 8.10. The van der Waals surface area contributed by atoms with Crippen LogP contribution in [0.2, 0.25) is 0 Å². The third kappa shape index (κ3) is 3.54. The largest absolute Gasteiger partial charge is 0.338 e. The van der Waals surface area contributed by atoms with Crippen molar-refractivity contribution in [1.29, 1.82) is 0 Å². The first-order valence-corrected chi connectivity index (χ1v) is 8.10. The molecule has 1 N–H and O–H groups in total. The van der Waals surface area contributed by atoms with Gasteiger partial charge in [0.25, 0.3) is 0 Å². The number of piperidine rings is 1. The lowest BCUT2D eigenvalue weighted by Crippen LogP contribution is -2.43.